The van der Waals surface area contributed by atoms with E-state index in [0.717, 1.165) is 6.33 Å². The first-order valence-electron chi connectivity index (χ1n) is 8.19. The topological polar surface area (TPSA) is 270 Å². The Labute approximate surface area is 172 Å². The molecular weight excluding hydrogens is 487 g/mol. The zero-order valence-electron chi connectivity index (χ0n) is 15.2. The normalized spacial score (nSPS) is 28.5. The van der Waals surface area contributed by atoms with Crippen molar-refractivity contribution in [3.63, 3.8) is 0 Å². The van der Waals surface area contributed by atoms with Crippen molar-refractivity contribution in [1.29, 1.82) is 0 Å². The number of nitrogens with two attached hydrogens (primary N) is 1. The van der Waals surface area contributed by atoms with Gasteiger partial charge in [0.1, 0.15) is 30.2 Å². The largest absolute Gasteiger partial charge is 0.476 e. The third-order valence-electron chi connectivity index (χ3n) is 4.03. The zero-order valence-corrected chi connectivity index (χ0v) is 17.9. The predicted octanol–water partition coefficient (Wildman–Crippen LogP) is -1.52. The summed E-state index contributed by atoms with van der Waals surface area (Å²) in [6.45, 7) is -0.831. The van der Waals surface area contributed by atoms with Crippen molar-refractivity contribution in [3.05, 3.63) is 12.7 Å². The average molecular weight is 505 g/mol. The molecule has 0 aliphatic carbocycles. The van der Waals surface area contributed by atoms with Crippen molar-refractivity contribution in [1.82, 2.24) is 19.5 Å². The van der Waals surface area contributed by atoms with Gasteiger partial charge in [-0.15, -0.1) is 0 Å². The number of rotatable bonds is 8. The van der Waals surface area contributed by atoms with E-state index in [4.69, 9.17) is 20.3 Å². The summed E-state index contributed by atoms with van der Waals surface area (Å²) in [6.07, 6.45) is -3.43. The molecule has 0 bridgehead atoms. The van der Waals surface area contributed by atoms with Crippen LogP contribution in [-0.2, 0) is 27.3 Å². The molecule has 3 rings (SSSR count). The van der Waals surface area contributed by atoms with Gasteiger partial charge in [0.15, 0.2) is 23.6 Å². The third kappa shape index (κ3) is 5.73. The highest BCUT2D eigenvalue weighted by Crippen LogP contribution is 2.64. The number of nitrogen functional groups attached to an aromatic ring is 1. The summed E-state index contributed by atoms with van der Waals surface area (Å²) in [5.74, 6) is -1.58. The number of fused-ring (bicyclic) bond motifs is 1. The number of imidazole rings is 1. The highest BCUT2D eigenvalue weighted by molar-refractivity contribution is 7.74. The molecule has 0 spiro atoms. The molecule has 8 N–H and O–H groups in total. The lowest BCUT2D eigenvalue weighted by Gasteiger charge is -2.19. The second kappa shape index (κ2) is 8.56. The molecular formula is C11H18N5O12P3. The van der Waals surface area contributed by atoms with Crippen LogP contribution in [0.25, 0.3) is 11.2 Å². The van der Waals surface area contributed by atoms with E-state index in [1.807, 2.05) is 0 Å². The van der Waals surface area contributed by atoms with Gasteiger partial charge in [0.05, 0.1) is 12.9 Å². The van der Waals surface area contributed by atoms with Crippen LogP contribution in [0.5, 0.6) is 0 Å². The number of anilines is 1. The van der Waals surface area contributed by atoms with Crippen molar-refractivity contribution >= 4 is 40.0 Å². The molecule has 0 amide bonds. The summed E-state index contributed by atoms with van der Waals surface area (Å²) >= 11 is 0. The van der Waals surface area contributed by atoms with E-state index in [-0.39, 0.29) is 17.0 Å². The molecule has 17 nitrogen and oxygen atoms in total. The van der Waals surface area contributed by atoms with Gasteiger partial charge in [-0.25, -0.2) is 23.8 Å². The Kier molecular flexibility index (Phi) is 6.71. The summed E-state index contributed by atoms with van der Waals surface area (Å²) in [4.78, 5) is 47.9. The molecule has 1 aliphatic heterocycles. The number of aliphatic hydroxyl groups excluding tert-OH is 2. The molecule has 6 atom stereocenters. The summed E-state index contributed by atoms with van der Waals surface area (Å²) < 4.78 is 49.2. The maximum Gasteiger partial charge on any atom is 0.476 e. The van der Waals surface area contributed by atoms with Crippen LogP contribution < -0.4 is 5.73 Å². The minimum Gasteiger partial charge on any atom is -0.387 e. The first-order valence-corrected chi connectivity index (χ1v) is 13.2. The van der Waals surface area contributed by atoms with Crippen LogP contribution >= 0.6 is 23.0 Å². The van der Waals surface area contributed by atoms with E-state index in [1.54, 1.807) is 0 Å². The van der Waals surface area contributed by atoms with Gasteiger partial charge >= 0.3 is 23.0 Å². The van der Waals surface area contributed by atoms with E-state index in [0.29, 0.717) is 0 Å². The van der Waals surface area contributed by atoms with Gasteiger partial charge in [-0.3, -0.25) is 13.7 Å². The number of aliphatic hydroxyl groups is 2. The Bertz CT molecular complexity index is 1110. The fraction of sp³-hybridized carbons (Fsp3) is 0.545. The Morgan fingerprint density at radius 3 is 2.39 bits per heavy atom. The first kappa shape index (κ1) is 24.3. The average Bonchev–Trinajstić information content (AvgIpc) is 3.13. The Hall–Kier alpha value is -1.32. The molecule has 1 fully saturated rings. The van der Waals surface area contributed by atoms with Crippen LogP contribution in [0.4, 0.5) is 5.82 Å². The fourth-order valence-corrected chi connectivity index (χ4v) is 7.32. The van der Waals surface area contributed by atoms with E-state index < -0.39 is 60.1 Å². The number of hydrogen-bond donors (Lipinski definition) is 7. The first-order chi connectivity index (χ1) is 14.2. The van der Waals surface area contributed by atoms with Crippen LogP contribution in [-0.4, -0.2) is 80.1 Å². The Balaban J connectivity index is 1.69. The summed E-state index contributed by atoms with van der Waals surface area (Å²) in [5, 5.41) is 20.5. The second-order valence-corrected chi connectivity index (χ2v) is 12.0. The summed E-state index contributed by atoms with van der Waals surface area (Å²) in [7, 11) is -15.6. The van der Waals surface area contributed by atoms with Gasteiger partial charge in [0, 0.05) is 0 Å². The highest BCUT2D eigenvalue weighted by Gasteiger charge is 2.46. The number of hydrogen-bond acceptors (Lipinski definition) is 12. The molecule has 174 valence electrons. The van der Waals surface area contributed by atoms with E-state index in [1.165, 1.54) is 10.9 Å². The number of phosphoric acid groups is 1. The minimum absolute atomic E-state index is 0.0591. The molecule has 0 saturated carbocycles. The molecule has 2 unspecified atom stereocenters. The fourth-order valence-electron chi connectivity index (χ4n) is 2.80. The molecule has 31 heavy (non-hydrogen) atoms. The van der Waals surface area contributed by atoms with E-state index in [2.05, 4.69) is 23.8 Å². The third-order valence-corrected chi connectivity index (χ3v) is 9.31. The van der Waals surface area contributed by atoms with E-state index in [9.17, 15) is 33.7 Å². The molecule has 1 saturated heterocycles. The van der Waals surface area contributed by atoms with Crippen molar-refractivity contribution in [2.75, 3.05) is 18.2 Å². The molecule has 1 aliphatic rings. The van der Waals surface area contributed by atoms with Crippen LogP contribution in [0.15, 0.2) is 12.7 Å². The quantitative estimate of drug-likeness (QED) is 0.201. The van der Waals surface area contributed by atoms with Gasteiger partial charge in [-0.1, -0.05) is 0 Å². The number of nitrogens with zero attached hydrogens (tertiary/aromatic N) is 4. The molecule has 3 heterocycles. The number of aromatic nitrogens is 4. The minimum atomic E-state index is -5.42. The molecule has 0 radical (unpaired) electrons. The predicted molar refractivity (Wildman–Crippen MR) is 99.3 cm³/mol. The van der Waals surface area contributed by atoms with Crippen LogP contribution in [0.3, 0.4) is 0 Å². The van der Waals surface area contributed by atoms with Gasteiger partial charge in [0.2, 0.25) is 0 Å². The lowest BCUT2D eigenvalue weighted by molar-refractivity contribution is -0.0483. The van der Waals surface area contributed by atoms with Crippen LogP contribution in [0.1, 0.15) is 6.23 Å². The smallest absolute Gasteiger partial charge is 0.387 e. The van der Waals surface area contributed by atoms with Crippen molar-refractivity contribution in [2.24, 2.45) is 0 Å². The van der Waals surface area contributed by atoms with Crippen molar-refractivity contribution in [2.45, 2.75) is 24.5 Å². The lowest BCUT2D eigenvalue weighted by Crippen LogP contribution is -2.33. The van der Waals surface area contributed by atoms with Gasteiger partial charge in [0.25, 0.3) is 0 Å². The van der Waals surface area contributed by atoms with E-state index >= 15 is 0 Å². The van der Waals surface area contributed by atoms with Crippen molar-refractivity contribution in [3.8, 4) is 0 Å². The lowest BCUT2D eigenvalue weighted by atomic mass is 10.1. The second-order valence-electron chi connectivity index (χ2n) is 6.41. The monoisotopic (exact) mass is 505 g/mol. The van der Waals surface area contributed by atoms with Crippen LogP contribution in [0.2, 0.25) is 0 Å². The van der Waals surface area contributed by atoms with Crippen molar-refractivity contribution < 1.29 is 57.1 Å². The highest BCUT2D eigenvalue weighted by atomic mass is 31.3. The van der Waals surface area contributed by atoms with Gasteiger partial charge < -0.3 is 44.8 Å². The number of ether oxygens (including phenoxy) is 1. The Morgan fingerprint density at radius 1 is 1.06 bits per heavy atom. The Morgan fingerprint density at radius 2 is 1.74 bits per heavy atom. The van der Waals surface area contributed by atoms with Crippen LogP contribution in [0, 0.1) is 0 Å². The SMILES string of the molecule is Nc1ncnc2c1ncn2[C@@H]1O[C@H](COP(=O)(O)CP(=O)(O)OP(=O)(O)O)[C@H](O)[C@H]1O. The summed E-state index contributed by atoms with van der Waals surface area (Å²) in [5.41, 5.74) is 6.06. The molecule has 20 heteroatoms. The zero-order chi connectivity index (χ0) is 23.2. The molecule has 2 aromatic rings. The maximum atomic E-state index is 12.0. The summed E-state index contributed by atoms with van der Waals surface area (Å²) in [6, 6.07) is 0. The molecule has 2 aromatic heterocycles. The standard InChI is InChI=1S/C11H18N5O12P3/c12-9-6-10(14-2-13-9)16(3-15-6)11-8(18)7(17)5(27-11)1-26-29(19,20)4-30(21,22)28-31(23,24)25/h2-3,5,7-8,11,17-18H,1,4H2,(H,19,20)(H,21,22)(H2,12,13,14)(H2,23,24,25)/t5-,7+,8-,11-/m1/s1. The molecule has 0 aromatic carbocycles. The van der Waals surface area contributed by atoms with Gasteiger partial charge in [-0.05, 0) is 0 Å². The van der Waals surface area contributed by atoms with Gasteiger partial charge in [-0.2, -0.15) is 0 Å². The maximum absolute atomic E-state index is 12.0.